The summed E-state index contributed by atoms with van der Waals surface area (Å²) in [6, 6.07) is 9.69. The van der Waals surface area contributed by atoms with Gasteiger partial charge in [-0.1, -0.05) is 53.5 Å². The van der Waals surface area contributed by atoms with Gasteiger partial charge in [0.1, 0.15) is 10.3 Å². The lowest BCUT2D eigenvalue weighted by Crippen LogP contribution is -1.97. The van der Waals surface area contributed by atoms with Crippen molar-refractivity contribution in [1.82, 2.24) is 19.6 Å². The van der Waals surface area contributed by atoms with Crippen molar-refractivity contribution in [1.29, 1.82) is 0 Å². The van der Waals surface area contributed by atoms with Crippen LogP contribution in [0.25, 0.3) is 16.9 Å². The summed E-state index contributed by atoms with van der Waals surface area (Å²) in [6.45, 7) is 0. The summed E-state index contributed by atoms with van der Waals surface area (Å²) >= 11 is 12.5. The van der Waals surface area contributed by atoms with E-state index in [4.69, 9.17) is 27.9 Å². The topological polar surface area (TPSA) is 52.3 Å². The average Bonchev–Trinajstić information content (AvgIpc) is 2.83. The van der Waals surface area contributed by atoms with Crippen molar-refractivity contribution in [3.8, 4) is 17.1 Å². The van der Waals surface area contributed by atoms with Crippen LogP contribution < -0.4 is 4.74 Å². The molecular formula is C12H8Cl2N4O. The van der Waals surface area contributed by atoms with Crippen molar-refractivity contribution >= 4 is 29.0 Å². The van der Waals surface area contributed by atoms with E-state index >= 15 is 0 Å². The first-order valence-electron chi connectivity index (χ1n) is 5.42. The lowest BCUT2D eigenvalue weighted by Gasteiger charge is -2.06. The Morgan fingerprint density at radius 3 is 2.53 bits per heavy atom. The molecule has 0 N–H and O–H groups in total. The van der Waals surface area contributed by atoms with Crippen molar-refractivity contribution in [3.05, 3.63) is 40.6 Å². The van der Waals surface area contributed by atoms with Crippen LogP contribution in [-0.4, -0.2) is 26.7 Å². The first kappa shape index (κ1) is 12.2. The van der Waals surface area contributed by atoms with Crippen LogP contribution >= 0.6 is 23.2 Å². The van der Waals surface area contributed by atoms with E-state index in [9.17, 15) is 0 Å². The van der Waals surface area contributed by atoms with Gasteiger partial charge in [-0.25, -0.2) is 0 Å². The number of halogens is 2. The van der Waals surface area contributed by atoms with Crippen molar-refractivity contribution in [2.24, 2.45) is 0 Å². The molecule has 0 saturated carbocycles. The molecule has 5 nitrogen and oxygen atoms in total. The fourth-order valence-corrected chi connectivity index (χ4v) is 2.39. The standard InChI is InChI=1S/C12H8Cl2N4O/c1-19-12-16-11-15-9(13)8(10(14)18(11)17-12)7-5-3-2-4-6-7/h2-6H,1H3. The lowest BCUT2D eigenvalue weighted by molar-refractivity contribution is 0.380. The highest BCUT2D eigenvalue weighted by Gasteiger charge is 2.17. The summed E-state index contributed by atoms with van der Waals surface area (Å²) in [5.74, 6) is 0.298. The van der Waals surface area contributed by atoms with Gasteiger partial charge in [0.05, 0.1) is 12.7 Å². The van der Waals surface area contributed by atoms with E-state index in [0.717, 1.165) is 5.56 Å². The SMILES string of the molecule is COc1nc2nc(Cl)c(-c3ccccc3)c(Cl)n2n1. The van der Waals surface area contributed by atoms with Gasteiger partial charge in [-0.15, -0.1) is 5.10 Å². The molecule has 0 aliphatic heterocycles. The average molecular weight is 295 g/mol. The molecule has 0 bridgehead atoms. The molecule has 0 fully saturated rings. The number of hydrogen-bond acceptors (Lipinski definition) is 4. The second-order valence-corrected chi connectivity index (χ2v) is 4.46. The molecule has 0 radical (unpaired) electrons. The van der Waals surface area contributed by atoms with Gasteiger partial charge in [0, 0.05) is 0 Å². The minimum atomic E-state index is 0.190. The molecule has 96 valence electrons. The lowest BCUT2D eigenvalue weighted by atomic mass is 10.1. The molecule has 19 heavy (non-hydrogen) atoms. The fourth-order valence-electron chi connectivity index (χ4n) is 1.75. The molecule has 0 aliphatic carbocycles. The van der Waals surface area contributed by atoms with E-state index < -0.39 is 0 Å². The normalized spacial score (nSPS) is 10.9. The van der Waals surface area contributed by atoms with Gasteiger partial charge in [-0.05, 0) is 5.56 Å². The summed E-state index contributed by atoms with van der Waals surface area (Å²) in [7, 11) is 1.47. The minimum absolute atomic E-state index is 0.190. The van der Waals surface area contributed by atoms with Gasteiger partial charge < -0.3 is 4.74 Å². The molecule has 1 aromatic carbocycles. The maximum absolute atomic E-state index is 6.33. The summed E-state index contributed by atoms with van der Waals surface area (Å²) in [6.07, 6.45) is 0. The van der Waals surface area contributed by atoms with Crippen LogP contribution in [0.4, 0.5) is 0 Å². The monoisotopic (exact) mass is 294 g/mol. The second-order valence-electron chi connectivity index (χ2n) is 3.74. The molecule has 3 aromatic rings. The van der Waals surface area contributed by atoms with Gasteiger partial charge in [0.2, 0.25) is 0 Å². The molecule has 0 saturated heterocycles. The molecular weight excluding hydrogens is 287 g/mol. The Morgan fingerprint density at radius 2 is 1.84 bits per heavy atom. The van der Waals surface area contributed by atoms with Gasteiger partial charge in [-0.3, -0.25) is 0 Å². The zero-order valence-electron chi connectivity index (χ0n) is 9.84. The first-order valence-corrected chi connectivity index (χ1v) is 6.17. The van der Waals surface area contributed by atoms with Crippen LogP contribution in [0, 0.1) is 0 Å². The van der Waals surface area contributed by atoms with Gasteiger partial charge in [-0.2, -0.15) is 14.5 Å². The summed E-state index contributed by atoms with van der Waals surface area (Å²) in [5, 5.41) is 4.71. The van der Waals surface area contributed by atoms with Crippen molar-refractivity contribution in [2.75, 3.05) is 7.11 Å². The summed E-state index contributed by atoms with van der Waals surface area (Å²) in [4.78, 5) is 8.21. The Hall–Kier alpha value is -1.85. The van der Waals surface area contributed by atoms with Crippen molar-refractivity contribution in [2.45, 2.75) is 0 Å². The Balaban J connectivity index is 2.31. The molecule has 0 unspecified atom stereocenters. The number of aromatic nitrogens is 4. The predicted octanol–water partition coefficient (Wildman–Crippen LogP) is 3.11. The molecule has 0 spiro atoms. The summed E-state index contributed by atoms with van der Waals surface area (Å²) in [5.41, 5.74) is 1.48. The third-order valence-electron chi connectivity index (χ3n) is 2.61. The number of ether oxygens (including phenoxy) is 1. The first-order chi connectivity index (χ1) is 9.20. The van der Waals surface area contributed by atoms with E-state index in [2.05, 4.69) is 15.1 Å². The maximum atomic E-state index is 6.33. The largest absolute Gasteiger partial charge is 0.466 e. The van der Waals surface area contributed by atoms with Crippen LogP contribution in [0.3, 0.4) is 0 Å². The van der Waals surface area contributed by atoms with E-state index in [1.54, 1.807) is 0 Å². The van der Waals surface area contributed by atoms with Crippen LogP contribution in [0.15, 0.2) is 30.3 Å². The third-order valence-corrected chi connectivity index (χ3v) is 3.23. The smallest absolute Gasteiger partial charge is 0.337 e. The zero-order valence-corrected chi connectivity index (χ0v) is 11.4. The predicted molar refractivity (Wildman–Crippen MR) is 72.8 cm³/mol. The number of hydrogen-bond donors (Lipinski definition) is 0. The van der Waals surface area contributed by atoms with Crippen LogP contribution in [-0.2, 0) is 0 Å². The van der Waals surface area contributed by atoms with E-state index in [-0.39, 0.29) is 11.2 Å². The fraction of sp³-hybridized carbons (Fsp3) is 0.0833. The molecule has 0 amide bonds. The molecule has 2 aromatic heterocycles. The molecule has 7 heteroatoms. The van der Waals surface area contributed by atoms with Gasteiger partial charge in [0.25, 0.3) is 5.78 Å². The highest BCUT2D eigenvalue weighted by molar-refractivity contribution is 6.38. The highest BCUT2D eigenvalue weighted by atomic mass is 35.5. The molecule has 0 aliphatic rings. The number of methoxy groups -OCH3 is 1. The molecule has 2 heterocycles. The Kier molecular flexibility index (Phi) is 3.00. The van der Waals surface area contributed by atoms with E-state index in [0.29, 0.717) is 16.5 Å². The number of benzene rings is 1. The van der Waals surface area contributed by atoms with Crippen molar-refractivity contribution in [3.63, 3.8) is 0 Å². The number of fused-ring (bicyclic) bond motifs is 1. The van der Waals surface area contributed by atoms with Crippen LogP contribution in [0.2, 0.25) is 10.3 Å². The third kappa shape index (κ3) is 2.01. The highest BCUT2D eigenvalue weighted by Crippen LogP contribution is 2.33. The summed E-state index contributed by atoms with van der Waals surface area (Å²) < 4.78 is 6.35. The van der Waals surface area contributed by atoms with Crippen LogP contribution in [0.1, 0.15) is 0 Å². The Morgan fingerprint density at radius 1 is 1.11 bits per heavy atom. The van der Waals surface area contributed by atoms with E-state index in [1.807, 2.05) is 30.3 Å². The second kappa shape index (κ2) is 4.68. The molecule has 3 rings (SSSR count). The Labute approximate surface area is 118 Å². The van der Waals surface area contributed by atoms with Crippen LogP contribution in [0.5, 0.6) is 6.01 Å². The minimum Gasteiger partial charge on any atom is -0.466 e. The Bertz CT molecular complexity index is 742. The quantitative estimate of drug-likeness (QED) is 0.682. The van der Waals surface area contributed by atoms with Gasteiger partial charge in [0.15, 0.2) is 0 Å². The zero-order chi connectivity index (χ0) is 13.4. The number of nitrogens with zero attached hydrogens (tertiary/aromatic N) is 4. The maximum Gasteiger partial charge on any atom is 0.337 e. The van der Waals surface area contributed by atoms with Crippen molar-refractivity contribution < 1.29 is 4.74 Å². The molecule has 0 atom stereocenters. The van der Waals surface area contributed by atoms with E-state index in [1.165, 1.54) is 11.6 Å². The number of rotatable bonds is 2. The van der Waals surface area contributed by atoms with Gasteiger partial charge >= 0.3 is 6.01 Å².